The molecule has 2 heterocycles. The molecule has 18 heavy (non-hydrogen) atoms. The molecule has 0 amide bonds. The molecule has 0 aliphatic carbocycles. The topological polar surface area (TPSA) is 39.2 Å². The summed E-state index contributed by atoms with van der Waals surface area (Å²) in [5.41, 5.74) is 0.932. The van der Waals surface area contributed by atoms with Crippen molar-refractivity contribution in [2.45, 2.75) is 12.8 Å². The number of hydrogen-bond donors (Lipinski definition) is 0. The Hall–Kier alpha value is -0.240. The Morgan fingerprint density at radius 2 is 2.28 bits per heavy atom. The smallest absolute Gasteiger partial charge is 0.305 e. The molecule has 0 aliphatic heterocycles. The third-order valence-electron chi connectivity index (χ3n) is 2.22. The average molecular weight is 411 g/mol. The zero-order chi connectivity index (χ0) is 13.1. The van der Waals surface area contributed by atoms with Crippen molar-refractivity contribution in [1.29, 1.82) is 0 Å². The fraction of sp³-hybridized carbons (Fsp3) is 0.273. The number of esters is 1. The summed E-state index contributed by atoms with van der Waals surface area (Å²) >= 11 is 10.2. The number of nitrogens with zero attached hydrogens (tertiary/aromatic N) is 1. The lowest BCUT2D eigenvalue weighted by molar-refractivity contribution is -0.140. The van der Waals surface area contributed by atoms with Crippen LogP contribution in [0.3, 0.4) is 0 Å². The third kappa shape index (κ3) is 3.40. The van der Waals surface area contributed by atoms with Gasteiger partial charge in [-0.05, 0) is 37.9 Å². The first-order chi connectivity index (χ1) is 8.60. The van der Waals surface area contributed by atoms with Crippen LogP contribution in [0.5, 0.6) is 0 Å². The van der Waals surface area contributed by atoms with Gasteiger partial charge in [0.05, 0.1) is 27.9 Å². The average Bonchev–Trinajstić information content (AvgIpc) is 2.94. The van der Waals surface area contributed by atoms with Crippen LogP contribution in [0.15, 0.2) is 19.7 Å². The van der Waals surface area contributed by atoms with E-state index < -0.39 is 0 Å². The molecule has 0 unspecified atom stereocenters. The monoisotopic (exact) mass is 409 g/mol. The van der Waals surface area contributed by atoms with Crippen LogP contribution in [0.1, 0.15) is 12.1 Å². The summed E-state index contributed by atoms with van der Waals surface area (Å²) in [6.45, 7) is 0. The van der Waals surface area contributed by atoms with E-state index in [-0.39, 0.29) is 5.97 Å². The van der Waals surface area contributed by atoms with Crippen LogP contribution >= 0.6 is 54.5 Å². The maximum absolute atomic E-state index is 11.1. The molecular formula is C11H9Br2NO2S2. The second kappa shape index (κ2) is 6.27. The first-order valence-corrected chi connectivity index (χ1v) is 8.35. The van der Waals surface area contributed by atoms with Gasteiger partial charge in [-0.25, -0.2) is 4.98 Å². The maximum Gasteiger partial charge on any atom is 0.305 e. The molecule has 0 atom stereocenters. The number of aromatic nitrogens is 1. The summed E-state index contributed by atoms with van der Waals surface area (Å²) in [4.78, 5) is 16.7. The molecule has 0 radical (unpaired) electrons. The van der Waals surface area contributed by atoms with E-state index in [1.807, 2.05) is 11.4 Å². The van der Waals surface area contributed by atoms with E-state index in [2.05, 4.69) is 41.6 Å². The van der Waals surface area contributed by atoms with Gasteiger partial charge in [0, 0.05) is 16.3 Å². The van der Waals surface area contributed by atoms with E-state index >= 15 is 0 Å². The Balaban J connectivity index is 2.08. The highest BCUT2D eigenvalue weighted by Crippen LogP contribution is 2.39. The number of carbonyl (C=O) groups is 1. The van der Waals surface area contributed by atoms with Crippen molar-refractivity contribution in [3.63, 3.8) is 0 Å². The Labute approximate surface area is 129 Å². The highest BCUT2D eigenvalue weighted by molar-refractivity contribution is 9.13. The SMILES string of the molecule is COC(=O)CCc1csc(-c2cc(Br)c(Br)s2)n1. The van der Waals surface area contributed by atoms with Crippen molar-refractivity contribution >= 4 is 60.5 Å². The Morgan fingerprint density at radius 3 is 2.89 bits per heavy atom. The molecule has 0 aliphatic rings. The van der Waals surface area contributed by atoms with Gasteiger partial charge >= 0.3 is 5.97 Å². The first kappa shape index (κ1) is 14.2. The van der Waals surface area contributed by atoms with Crippen molar-refractivity contribution in [2.75, 3.05) is 7.11 Å². The minimum Gasteiger partial charge on any atom is -0.469 e. The molecule has 2 rings (SSSR count). The summed E-state index contributed by atoms with van der Waals surface area (Å²) in [6.07, 6.45) is 0.994. The van der Waals surface area contributed by atoms with Crippen molar-refractivity contribution in [2.24, 2.45) is 0 Å². The molecule has 0 aromatic carbocycles. The van der Waals surface area contributed by atoms with Gasteiger partial charge in [0.2, 0.25) is 0 Å². The molecule has 2 aromatic rings. The lowest BCUT2D eigenvalue weighted by Gasteiger charge is -1.95. The van der Waals surface area contributed by atoms with Crippen molar-refractivity contribution in [3.05, 3.63) is 25.4 Å². The number of hydrogen-bond acceptors (Lipinski definition) is 5. The molecule has 0 bridgehead atoms. The van der Waals surface area contributed by atoms with Crippen LogP contribution in [0.4, 0.5) is 0 Å². The molecule has 0 saturated carbocycles. The molecule has 0 spiro atoms. The molecule has 0 fully saturated rings. The summed E-state index contributed by atoms with van der Waals surface area (Å²) in [5.74, 6) is -0.203. The van der Waals surface area contributed by atoms with Gasteiger partial charge in [0.15, 0.2) is 0 Å². The molecule has 7 heteroatoms. The lowest BCUT2D eigenvalue weighted by Crippen LogP contribution is -2.01. The number of ether oxygens (including phenoxy) is 1. The second-order valence-corrected chi connectivity index (χ2v) is 7.53. The van der Waals surface area contributed by atoms with Crippen LogP contribution in [-0.2, 0) is 16.0 Å². The second-order valence-electron chi connectivity index (χ2n) is 3.45. The predicted octanol–water partition coefficient (Wildman–Crippen LogP) is 4.50. The Bertz CT molecular complexity index is 546. The minimum atomic E-state index is -0.203. The van der Waals surface area contributed by atoms with Gasteiger partial charge < -0.3 is 4.74 Å². The quantitative estimate of drug-likeness (QED) is 0.696. The van der Waals surface area contributed by atoms with Gasteiger partial charge in [-0.15, -0.1) is 22.7 Å². The van der Waals surface area contributed by atoms with E-state index in [1.54, 1.807) is 22.7 Å². The number of rotatable bonds is 4. The van der Waals surface area contributed by atoms with E-state index in [0.717, 1.165) is 23.8 Å². The minimum absolute atomic E-state index is 0.203. The predicted molar refractivity (Wildman–Crippen MR) is 81.2 cm³/mol. The summed E-state index contributed by atoms with van der Waals surface area (Å²) < 4.78 is 6.70. The number of carbonyl (C=O) groups excluding carboxylic acids is 1. The third-order valence-corrected chi connectivity index (χ3v) is 6.54. The summed E-state index contributed by atoms with van der Waals surface area (Å²) in [6, 6.07) is 2.04. The van der Waals surface area contributed by atoms with Crippen molar-refractivity contribution < 1.29 is 9.53 Å². The molecule has 0 N–H and O–H groups in total. The zero-order valence-electron chi connectivity index (χ0n) is 9.41. The fourth-order valence-electron chi connectivity index (χ4n) is 1.32. The normalized spacial score (nSPS) is 10.6. The van der Waals surface area contributed by atoms with Gasteiger partial charge in [-0.3, -0.25) is 4.79 Å². The number of thiazole rings is 1. The Morgan fingerprint density at radius 1 is 1.50 bits per heavy atom. The van der Waals surface area contributed by atoms with Crippen LogP contribution in [-0.4, -0.2) is 18.1 Å². The van der Waals surface area contributed by atoms with E-state index in [4.69, 9.17) is 0 Å². The summed E-state index contributed by atoms with van der Waals surface area (Å²) in [7, 11) is 1.40. The highest BCUT2D eigenvalue weighted by atomic mass is 79.9. The van der Waals surface area contributed by atoms with Crippen molar-refractivity contribution in [1.82, 2.24) is 4.98 Å². The maximum atomic E-state index is 11.1. The molecular weight excluding hydrogens is 402 g/mol. The van der Waals surface area contributed by atoms with Gasteiger partial charge in [0.25, 0.3) is 0 Å². The van der Waals surface area contributed by atoms with Crippen molar-refractivity contribution in [3.8, 4) is 9.88 Å². The van der Waals surface area contributed by atoms with E-state index in [1.165, 1.54) is 7.11 Å². The number of thiophene rings is 1. The van der Waals surface area contributed by atoms with Crippen LogP contribution in [0.25, 0.3) is 9.88 Å². The molecule has 2 aromatic heterocycles. The standard InChI is InChI=1S/C11H9Br2NO2S2/c1-16-9(15)3-2-6-5-17-11(14-6)8-4-7(12)10(13)18-8/h4-5H,2-3H2,1H3. The first-order valence-electron chi connectivity index (χ1n) is 5.06. The van der Waals surface area contributed by atoms with E-state index in [9.17, 15) is 4.79 Å². The van der Waals surface area contributed by atoms with E-state index in [0.29, 0.717) is 12.8 Å². The Kier molecular flexibility index (Phi) is 4.94. The van der Waals surface area contributed by atoms with Gasteiger partial charge in [0.1, 0.15) is 5.01 Å². The molecule has 96 valence electrons. The molecule has 3 nitrogen and oxygen atoms in total. The summed E-state index contributed by atoms with van der Waals surface area (Å²) in [5, 5.41) is 2.96. The number of methoxy groups -OCH3 is 1. The number of aryl methyl sites for hydroxylation is 1. The molecule has 0 saturated heterocycles. The van der Waals surface area contributed by atoms with Gasteiger partial charge in [-0.2, -0.15) is 0 Å². The highest BCUT2D eigenvalue weighted by Gasteiger charge is 2.11. The zero-order valence-corrected chi connectivity index (χ0v) is 14.2. The van der Waals surface area contributed by atoms with Crippen LogP contribution in [0.2, 0.25) is 0 Å². The number of halogens is 2. The fourth-order valence-corrected chi connectivity index (χ4v) is 4.27. The largest absolute Gasteiger partial charge is 0.469 e. The van der Waals surface area contributed by atoms with Crippen LogP contribution in [0, 0.1) is 0 Å². The lowest BCUT2D eigenvalue weighted by atomic mass is 10.2. The van der Waals surface area contributed by atoms with Crippen LogP contribution < -0.4 is 0 Å². The van der Waals surface area contributed by atoms with Gasteiger partial charge in [-0.1, -0.05) is 0 Å².